The zero-order chi connectivity index (χ0) is 14.5. The molecular weight excluding hydrogens is 308 g/mol. The van der Waals surface area contributed by atoms with Crippen LogP contribution in [0.5, 0.6) is 11.5 Å². The molecule has 104 valence electrons. The van der Waals surface area contributed by atoms with Crippen LogP contribution in [0, 0.1) is 16.7 Å². The standard InChI is InChI=1S/C14H19BrN2O2/c1-14(2,8-16)9-17-7-10-5-12(18-3)13(19-4)6-11(10)15/h5-6,17H,7,9H2,1-4H3. The fraction of sp³-hybridized carbons (Fsp3) is 0.500. The molecule has 19 heavy (non-hydrogen) atoms. The first kappa shape index (κ1) is 15.8. The lowest BCUT2D eigenvalue weighted by Crippen LogP contribution is -2.27. The van der Waals surface area contributed by atoms with Crippen LogP contribution in [-0.2, 0) is 6.54 Å². The Hall–Kier alpha value is -1.25. The average molecular weight is 327 g/mol. The smallest absolute Gasteiger partial charge is 0.161 e. The lowest BCUT2D eigenvalue weighted by molar-refractivity contribution is 0.354. The third kappa shape index (κ3) is 4.41. The Morgan fingerprint density at radius 3 is 2.37 bits per heavy atom. The van der Waals surface area contributed by atoms with Crippen molar-refractivity contribution < 1.29 is 9.47 Å². The van der Waals surface area contributed by atoms with Crippen LogP contribution < -0.4 is 14.8 Å². The summed E-state index contributed by atoms with van der Waals surface area (Å²) in [5.74, 6) is 1.39. The summed E-state index contributed by atoms with van der Waals surface area (Å²) in [6.45, 7) is 5.10. The minimum Gasteiger partial charge on any atom is -0.493 e. The number of ether oxygens (including phenoxy) is 2. The highest BCUT2D eigenvalue weighted by Gasteiger charge is 2.16. The van der Waals surface area contributed by atoms with Crippen molar-refractivity contribution in [2.24, 2.45) is 5.41 Å². The third-order valence-electron chi connectivity index (χ3n) is 2.74. The van der Waals surface area contributed by atoms with Gasteiger partial charge in [-0.2, -0.15) is 5.26 Å². The number of hydrogen-bond acceptors (Lipinski definition) is 4. The molecule has 0 aliphatic carbocycles. The van der Waals surface area contributed by atoms with E-state index in [0.717, 1.165) is 10.0 Å². The van der Waals surface area contributed by atoms with E-state index in [-0.39, 0.29) is 5.41 Å². The number of nitrogens with one attached hydrogen (secondary N) is 1. The number of methoxy groups -OCH3 is 2. The Morgan fingerprint density at radius 2 is 1.84 bits per heavy atom. The first-order valence-corrected chi connectivity index (χ1v) is 6.75. The van der Waals surface area contributed by atoms with Gasteiger partial charge in [0.2, 0.25) is 0 Å². The molecule has 0 heterocycles. The summed E-state index contributed by atoms with van der Waals surface area (Å²) in [6.07, 6.45) is 0. The van der Waals surface area contributed by atoms with Crippen molar-refractivity contribution in [2.45, 2.75) is 20.4 Å². The van der Waals surface area contributed by atoms with E-state index < -0.39 is 0 Å². The summed E-state index contributed by atoms with van der Waals surface area (Å²) < 4.78 is 11.5. The second-order valence-electron chi connectivity index (χ2n) is 4.90. The molecule has 1 N–H and O–H groups in total. The maximum atomic E-state index is 8.96. The van der Waals surface area contributed by atoms with Gasteiger partial charge >= 0.3 is 0 Å². The van der Waals surface area contributed by atoms with E-state index in [9.17, 15) is 0 Å². The maximum absolute atomic E-state index is 8.96. The van der Waals surface area contributed by atoms with Crippen molar-refractivity contribution in [2.75, 3.05) is 20.8 Å². The molecule has 0 unspecified atom stereocenters. The molecule has 0 spiro atoms. The van der Waals surface area contributed by atoms with E-state index in [1.807, 2.05) is 26.0 Å². The molecule has 0 atom stereocenters. The second kappa shape index (κ2) is 6.78. The van der Waals surface area contributed by atoms with Gasteiger partial charge in [0.15, 0.2) is 11.5 Å². The molecule has 0 saturated carbocycles. The Labute approximate surface area is 122 Å². The first-order chi connectivity index (χ1) is 8.93. The Bertz CT molecular complexity index is 481. The number of benzene rings is 1. The van der Waals surface area contributed by atoms with Gasteiger partial charge in [-0.3, -0.25) is 0 Å². The number of rotatable bonds is 6. The topological polar surface area (TPSA) is 54.3 Å². The fourth-order valence-electron chi connectivity index (χ4n) is 1.58. The van der Waals surface area contributed by atoms with Gasteiger partial charge in [-0.05, 0) is 31.5 Å². The highest BCUT2D eigenvalue weighted by molar-refractivity contribution is 9.10. The molecule has 0 saturated heterocycles. The molecule has 0 bridgehead atoms. The molecular formula is C14H19BrN2O2. The van der Waals surface area contributed by atoms with Gasteiger partial charge in [0.25, 0.3) is 0 Å². The monoisotopic (exact) mass is 326 g/mol. The van der Waals surface area contributed by atoms with Crippen molar-refractivity contribution in [3.05, 3.63) is 22.2 Å². The number of hydrogen-bond donors (Lipinski definition) is 1. The summed E-state index contributed by atoms with van der Waals surface area (Å²) in [5.41, 5.74) is 0.689. The zero-order valence-electron chi connectivity index (χ0n) is 11.7. The number of halogens is 1. The van der Waals surface area contributed by atoms with Crippen molar-refractivity contribution in [1.82, 2.24) is 5.32 Å². The Morgan fingerprint density at radius 1 is 1.26 bits per heavy atom. The van der Waals surface area contributed by atoms with Crippen LogP contribution in [0.3, 0.4) is 0 Å². The quantitative estimate of drug-likeness (QED) is 0.872. The molecule has 0 aliphatic heterocycles. The molecule has 4 nitrogen and oxygen atoms in total. The predicted molar refractivity (Wildman–Crippen MR) is 78.3 cm³/mol. The zero-order valence-corrected chi connectivity index (χ0v) is 13.3. The van der Waals surface area contributed by atoms with Gasteiger partial charge in [-0.15, -0.1) is 0 Å². The molecule has 0 aromatic heterocycles. The molecule has 1 aromatic rings. The lowest BCUT2D eigenvalue weighted by Gasteiger charge is -2.17. The van der Waals surface area contributed by atoms with E-state index in [1.54, 1.807) is 14.2 Å². The van der Waals surface area contributed by atoms with Gasteiger partial charge in [-0.25, -0.2) is 0 Å². The van der Waals surface area contributed by atoms with Crippen LogP contribution in [-0.4, -0.2) is 20.8 Å². The maximum Gasteiger partial charge on any atom is 0.161 e. The summed E-state index contributed by atoms with van der Waals surface area (Å²) >= 11 is 3.51. The van der Waals surface area contributed by atoms with Gasteiger partial charge < -0.3 is 14.8 Å². The number of nitriles is 1. The molecule has 1 rings (SSSR count). The Balaban J connectivity index is 2.77. The summed E-state index contributed by atoms with van der Waals surface area (Å²) in [5, 5.41) is 12.2. The number of nitrogens with zero attached hydrogens (tertiary/aromatic N) is 1. The summed E-state index contributed by atoms with van der Waals surface area (Å²) in [6, 6.07) is 6.07. The van der Waals surface area contributed by atoms with Crippen molar-refractivity contribution >= 4 is 15.9 Å². The lowest BCUT2D eigenvalue weighted by atomic mass is 9.96. The minimum absolute atomic E-state index is 0.372. The van der Waals surface area contributed by atoms with Gasteiger partial charge in [-0.1, -0.05) is 15.9 Å². The summed E-state index contributed by atoms with van der Waals surface area (Å²) in [7, 11) is 3.22. The van der Waals surface area contributed by atoms with Crippen LogP contribution in [0.4, 0.5) is 0 Å². The molecule has 0 aliphatic rings. The normalized spacial score (nSPS) is 10.9. The largest absolute Gasteiger partial charge is 0.493 e. The van der Waals surface area contributed by atoms with Gasteiger partial charge in [0.05, 0.1) is 25.7 Å². The fourth-order valence-corrected chi connectivity index (χ4v) is 2.04. The molecule has 1 aromatic carbocycles. The molecule has 0 amide bonds. The van der Waals surface area contributed by atoms with E-state index in [2.05, 4.69) is 27.3 Å². The van der Waals surface area contributed by atoms with Crippen LogP contribution in [0.2, 0.25) is 0 Å². The van der Waals surface area contributed by atoms with Gasteiger partial charge in [0, 0.05) is 17.6 Å². The molecule has 0 fully saturated rings. The van der Waals surface area contributed by atoms with Crippen LogP contribution in [0.15, 0.2) is 16.6 Å². The second-order valence-corrected chi connectivity index (χ2v) is 5.75. The first-order valence-electron chi connectivity index (χ1n) is 5.96. The van der Waals surface area contributed by atoms with Crippen LogP contribution in [0.1, 0.15) is 19.4 Å². The van der Waals surface area contributed by atoms with E-state index >= 15 is 0 Å². The van der Waals surface area contributed by atoms with E-state index in [1.165, 1.54) is 0 Å². The summed E-state index contributed by atoms with van der Waals surface area (Å²) in [4.78, 5) is 0. The van der Waals surface area contributed by atoms with Crippen molar-refractivity contribution in [3.63, 3.8) is 0 Å². The molecule has 0 radical (unpaired) electrons. The van der Waals surface area contributed by atoms with E-state index in [4.69, 9.17) is 14.7 Å². The van der Waals surface area contributed by atoms with Crippen molar-refractivity contribution in [3.8, 4) is 17.6 Å². The third-order valence-corrected chi connectivity index (χ3v) is 3.48. The highest BCUT2D eigenvalue weighted by atomic mass is 79.9. The predicted octanol–water partition coefficient (Wildman–Crippen LogP) is 3.11. The van der Waals surface area contributed by atoms with Crippen LogP contribution >= 0.6 is 15.9 Å². The van der Waals surface area contributed by atoms with Crippen molar-refractivity contribution in [1.29, 1.82) is 5.26 Å². The highest BCUT2D eigenvalue weighted by Crippen LogP contribution is 2.33. The molecule has 5 heteroatoms. The minimum atomic E-state index is -0.372. The Kier molecular flexibility index (Phi) is 5.64. The van der Waals surface area contributed by atoms with Gasteiger partial charge in [0.1, 0.15) is 0 Å². The van der Waals surface area contributed by atoms with Crippen LogP contribution in [0.25, 0.3) is 0 Å². The average Bonchev–Trinajstić information content (AvgIpc) is 2.40. The van der Waals surface area contributed by atoms with E-state index in [0.29, 0.717) is 24.6 Å². The SMILES string of the molecule is COc1cc(Br)c(CNCC(C)(C)C#N)cc1OC.